The Morgan fingerprint density at radius 2 is 1.86 bits per heavy atom. The summed E-state index contributed by atoms with van der Waals surface area (Å²) in [4.78, 5) is 21.0. The summed E-state index contributed by atoms with van der Waals surface area (Å²) in [5.41, 5.74) is 2.02. The van der Waals surface area contributed by atoms with Crippen molar-refractivity contribution in [2.75, 3.05) is 34.4 Å². The van der Waals surface area contributed by atoms with Crippen molar-refractivity contribution in [1.29, 1.82) is 0 Å². The van der Waals surface area contributed by atoms with Crippen molar-refractivity contribution in [3.63, 3.8) is 0 Å². The van der Waals surface area contributed by atoms with Crippen LogP contribution in [0.15, 0.2) is 29.3 Å². The Morgan fingerprint density at radius 3 is 2.43 bits per heavy atom. The minimum absolute atomic E-state index is 0.0732. The lowest BCUT2D eigenvalue weighted by Crippen LogP contribution is -2.38. The maximum Gasteiger partial charge on any atom is 0.250 e. The molecule has 1 amide bonds. The predicted molar refractivity (Wildman–Crippen MR) is 118 cm³/mol. The summed E-state index contributed by atoms with van der Waals surface area (Å²) in [7, 11) is -3.06. The number of sulfone groups is 1. The summed E-state index contributed by atoms with van der Waals surface area (Å²) < 4.78 is 24.3. The zero-order valence-electron chi connectivity index (χ0n) is 17.0. The van der Waals surface area contributed by atoms with E-state index >= 15 is 0 Å². The van der Waals surface area contributed by atoms with Gasteiger partial charge in [-0.1, -0.05) is 25.6 Å². The van der Waals surface area contributed by atoms with Gasteiger partial charge in [-0.3, -0.25) is 4.79 Å². The zero-order valence-corrected chi connectivity index (χ0v) is 18.6. The molecule has 0 aliphatic carbocycles. The van der Waals surface area contributed by atoms with Crippen LogP contribution in [0, 0.1) is 5.92 Å². The normalized spacial score (nSPS) is 25.7. The van der Waals surface area contributed by atoms with Crippen LogP contribution in [-0.2, 0) is 14.6 Å². The lowest BCUT2D eigenvalue weighted by atomic mass is 10.1. The number of carbonyl (C=O) groups is 1. The molecule has 8 heteroatoms. The van der Waals surface area contributed by atoms with E-state index in [-0.39, 0.29) is 34.6 Å². The minimum Gasteiger partial charge on any atom is -0.372 e. The predicted octanol–water partition coefficient (Wildman–Crippen LogP) is 3.18. The SMILES string of the molecule is CC[C@H](C)C(=O)N=C1S[C@@H]2CS(=O)(=O)C[C@@H]2N1c1ccc(N(CC)CC)cc1. The van der Waals surface area contributed by atoms with E-state index in [4.69, 9.17) is 0 Å². The fraction of sp³-hybridized carbons (Fsp3) is 0.600. The second kappa shape index (κ2) is 8.45. The zero-order chi connectivity index (χ0) is 20.5. The maximum absolute atomic E-state index is 12.4. The van der Waals surface area contributed by atoms with Crippen LogP contribution in [0.2, 0.25) is 0 Å². The maximum atomic E-state index is 12.4. The Balaban J connectivity index is 1.95. The van der Waals surface area contributed by atoms with Crippen LogP contribution in [0.3, 0.4) is 0 Å². The molecule has 0 spiro atoms. The van der Waals surface area contributed by atoms with E-state index in [2.05, 4.69) is 35.9 Å². The number of hydrogen-bond donors (Lipinski definition) is 0. The fourth-order valence-electron chi connectivity index (χ4n) is 3.66. The number of aliphatic imine (C=N–C) groups is 1. The van der Waals surface area contributed by atoms with E-state index in [1.807, 2.05) is 30.9 Å². The first kappa shape index (κ1) is 21.2. The van der Waals surface area contributed by atoms with Gasteiger partial charge in [0.15, 0.2) is 15.0 Å². The number of amides is 1. The second-order valence-electron chi connectivity index (χ2n) is 7.40. The molecular weight excluding hydrogens is 394 g/mol. The summed E-state index contributed by atoms with van der Waals surface area (Å²) in [6, 6.07) is 7.95. The van der Waals surface area contributed by atoms with Gasteiger partial charge < -0.3 is 9.80 Å². The minimum atomic E-state index is -3.06. The van der Waals surface area contributed by atoms with Gasteiger partial charge in [-0.25, -0.2) is 8.42 Å². The van der Waals surface area contributed by atoms with Gasteiger partial charge in [-0.2, -0.15) is 4.99 Å². The molecule has 1 aromatic carbocycles. The second-order valence-corrected chi connectivity index (χ2v) is 10.8. The Morgan fingerprint density at radius 1 is 1.21 bits per heavy atom. The lowest BCUT2D eigenvalue weighted by molar-refractivity contribution is -0.121. The Bertz CT molecular complexity index is 848. The monoisotopic (exact) mass is 423 g/mol. The van der Waals surface area contributed by atoms with Crippen LogP contribution in [0.1, 0.15) is 34.1 Å². The molecule has 0 unspecified atom stereocenters. The first-order chi connectivity index (χ1) is 13.3. The number of rotatable bonds is 6. The van der Waals surface area contributed by atoms with Gasteiger partial charge in [0.05, 0.1) is 17.5 Å². The number of carbonyl (C=O) groups excluding carboxylic acids is 1. The molecule has 1 aromatic rings. The highest BCUT2D eigenvalue weighted by molar-refractivity contribution is 8.16. The lowest BCUT2D eigenvalue weighted by Gasteiger charge is -2.26. The summed E-state index contributed by atoms with van der Waals surface area (Å²) in [6.07, 6.45) is 0.736. The van der Waals surface area contributed by atoms with Gasteiger partial charge >= 0.3 is 0 Å². The molecule has 6 nitrogen and oxygen atoms in total. The van der Waals surface area contributed by atoms with Crippen molar-refractivity contribution >= 4 is 44.0 Å². The topological polar surface area (TPSA) is 70.0 Å². The van der Waals surface area contributed by atoms with Crippen molar-refractivity contribution in [3.05, 3.63) is 24.3 Å². The summed E-state index contributed by atoms with van der Waals surface area (Å²) >= 11 is 1.43. The Kier molecular flexibility index (Phi) is 6.39. The van der Waals surface area contributed by atoms with E-state index in [0.29, 0.717) is 5.17 Å². The Hall–Kier alpha value is -1.54. The largest absolute Gasteiger partial charge is 0.372 e. The molecule has 0 aromatic heterocycles. The number of fused-ring (bicyclic) bond motifs is 1. The van der Waals surface area contributed by atoms with E-state index in [9.17, 15) is 13.2 Å². The van der Waals surface area contributed by atoms with Crippen LogP contribution < -0.4 is 9.80 Å². The molecule has 0 radical (unpaired) electrons. The van der Waals surface area contributed by atoms with Crippen LogP contribution in [-0.4, -0.2) is 55.4 Å². The van der Waals surface area contributed by atoms with Crippen molar-refractivity contribution in [3.8, 4) is 0 Å². The number of hydrogen-bond acceptors (Lipinski definition) is 5. The summed E-state index contributed by atoms with van der Waals surface area (Å²) in [5.74, 6) is -0.0203. The summed E-state index contributed by atoms with van der Waals surface area (Å²) in [6.45, 7) is 9.93. The van der Waals surface area contributed by atoms with Crippen molar-refractivity contribution in [1.82, 2.24) is 0 Å². The van der Waals surface area contributed by atoms with Gasteiger partial charge in [-0.05, 0) is 44.5 Å². The standard InChI is InChI=1S/C20H29N3O3S2/c1-5-14(4)19(24)21-20-23(17-12-28(25,26)13-18(17)27-20)16-10-8-15(9-11-16)22(6-2)7-3/h8-11,14,17-18H,5-7,12-13H2,1-4H3/t14-,17-,18+/m0/s1. The van der Waals surface area contributed by atoms with Crippen LogP contribution >= 0.6 is 11.8 Å². The Labute approximate surface area is 172 Å². The van der Waals surface area contributed by atoms with Crippen LogP contribution in [0.5, 0.6) is 0 Å². The van der Waals surface area contributed by atoms with Crippen molar-refractivity contribution < 1.29 is 13.2 Å². The molecule has 2 saturated heterocycles. The summed E-state index contributed by atoms with van der Waals surface area (Å²) in [5, 5.41) is 0.557. The average Bonchev–Trinajstić information content (AvgIpc) is 3.13. The first-order valence-corrected chi connectivity index (χ1v) is 12.6. The highest BCUT2D eigenvalue weighted by Gasteiger charge is 2.49. The highest BCUT2D eigenvalue weighted by Crippen LogP contribution is 2.41. The molecule has 2 heterocycles. The molecule has 3 atom stereocenters. The molecule has 28 heavy (non-hydrogen) atoms. The fourth-order valence-corrected chi connectivity index (χ4v) is 7.58. The van der Waals surface area contributed by atoms with Crippen LogP contribution in [0.25, 0.3) is 0 Å². The smallest absolute Gasteiger partial charge is 0.250 e. The third-order valence-electron chi connectivity index (χ3n) is 5.56. The van der Waals surface area contributed by atoms with Gasteiger partial charge in [0.1, 0.15) is 0 Å². The molecule has 2 aliphatic rings. The van der Waals surface area contributed by atoms with Gasteiger partial charge in [-0.15, -0.1) is 0 Å². The third kappa shape index (κ3) is 4.22. The number of amidine groups is 1. The molecule has 0 bridgehead atoms. The van der Waals surface area contributed by atoms with Crippen LogP contribution in [0.4, 0.5) is 11.4 Å². The molecule has 2 aliphatic heterocycles. The van der Waals surface area contributed by atoms with E-state index in [1.54, 1.807) is 0 Å². The molecule has 0 N–H and O–H groups in total. The average molecular weight is 424 g/mol. The number of thioether (sulfide) groups is 1. The molecule has 2 fully saturated rings. The van der Waals surface area contributed by atoms with E-state index in [1.165, 1.54) is 11.8 Å². The van der Waals surface area contributed by atoms with E-state index in [0.717, 1.165) is 30.9 Å². The molecular formula is C20H29N3O3S2. The molecule has 3 rings (SSSR count). The van der Waals surface area contributed by atoms with Crippen molar-refractivity contribution in [2.24, 2.45) is 10.9 Å². The van der Waals surface area contributed by atoms with Crippen molar-refractivity contribution in [2.45, 2.75) is 45.4 Å². The number of nitrogens with zero attached hydrogens (tertiary/aromatic N) is 3. The third-order valence-corrected chi connectivity index (χ3v) is 8.77. The van der Waals surface area contributed by atoms with E-state index < -0.39 is 9.84 Å². The molecule has 0 saturated carbocycles. The quantitative estimate of drug-likeness (QED) is 0.700. The highest BCUT2D eigenvalue weighted by atomic mass is 32.2. The first-order valence-electron chi connectivity index (χ1n) is 9.93. The number of anilines is 2. The molecule has 154 valence electrons. The van der Waals surface area contributed by atoms with Gasteiger partial charge in [0.25, 0.3) is 5.91 Å². The van der Waals surface area contributed by atoms with Gasteiger partial charge in [0.2, 0.25) is 0 Å². The van der Waals surface area contributed by atoms with Gasteiger partial charge in [0, 0.05) is 35.6 Å². The number of benzene rings is 1.